The Morgan fingerprint density at radius 2 is 2.00 bits per heavy atom. The second kappa shape index (κ2) is 8.52. The second-order valence-electron chi connectivity index (χ2n) is 6.54. The largest absolute Gasteiger partial charge is 0.308 e. The van der Waals surface area contributed by atoms with E-state index in [2.05, 4.69) is 4.98 Å². The van der Waals surface area contributed by atoms with E-state index in [-0.39, 0.29) is 10.8 Å². The lowest BCUT2D eigenvalue weighted by atomic mass is 10.3. The number of carbonyl (C=O) groups excluding carboxylic acids is 1. The molecule has 0 saturated carbocycles. The predicted molar refractivity (Wildman–Crippen MR) is 117 cm³/mol. The molecule has 6 nitrogen and oxygen atoms in total. The molecule has 0 aliphatic carbocycles. The Balaban J connectivity index is 1.93. The summed E-state index contributed by atoms with van der Waals surface area (Å²) >= 11 is 2.88. The maximum absolute atomic E-state index is 12.9. The van der Waals surface area contributed by atoms with Gasteiger partial charge in [0.05, 0.1) is 15.1 Å². The van der Waals surface area contributed by atoms with E-state index in [9.17, 15) is 13.2 Å². The molecular formula is C19H21N3O3S3. The summed E-state index contributed by atoms with van der Waals surface area (Å²) in [5.74, 6) is -0.155. The van der Waals surface area contributed by atoms with Gasteiger partial charge in [-0.15, -0.1) is 11.3 Å². The van der Waals surface area contributed by atoms with Crippen molar-refractivity contribution < 1.29 is 13.2 Å². The highest BCUT2D eigenvalue weighted by Gasteiger charge is 2.19. The number of hydrogen-bond donors (Lipinski definition) is 0. The number of anilines is 1. The summed E-state index contributed by atoms with van der Waals surface area (Å²) < 4.78 is 24.4. The van der Waals surface area contributed by atoms with Crippen LogP contribution in [0.1, 0.15) is 4.88 Å². The first-order chi connectivity index (χ1) is 13.2. The Kier molecular flexibility index (Phi) is 6.29. The van der Waals surface area contributed by atoms with Crippen molar-refractivity contribution in [1.82, 2.24) is 9.88 Å². The molecular weight excluding hydrogens is 414 g/mol. The Morgan fingerprint density at radius 1 is 1.21 bits per heavy atom. The molecule has 0 saturated heterocycles. The Hall–Kier alpha value is -2.07. The zero-order chi connectivity index (χ0) is 20.3. The van der Waals surface area contributed by atoms with Crippen LogP contribution in [0.3, 0.4) is 0 Å². The fourth-order valence-corrected chi connectivity index (χ4v) is 4.84. The molecule has 0 fully saturated rings. The summed E-state index contributed by atoms with van der Waals surface area (Å²) in [6.45, 7) is 1.17. The van der Waals surface area contributed by atoms with Crippen molar-refractivity contribution in [3.63, 3.8) is 0 Å². The second-order valence-corrected chi connectivity index (χ2v) is 10.5. The van der Waals surface area contributed by atoms with E-state index >= 15 is 0 Å². The van der Waals surface area contributed by atoms with Crippen LogP contribution in [-0.4, -0.2) is 57.6 Å². The first kappa shape index (κ1) is 20.7. The van der Waals surface area contributed by atoms with Crippen molar-refractivity contribution >= 4 is 59.8 Å². The van der Waals surface area contributed by atoms with Crippen molar-refractivity contribution in [3.8, 4) is 0 Å². The quantitative estimate of drug-likeness (QED) is 0.532. The van der Waals surface area contributed by atoms with E-state index in [4.69, 9.17) is 0 Å². The van der Waals surface area contributed by atoms with Gasteiger partial charge < -0.3 is 4.90 Å². The highest BCUT2D eigenvalue weighted by atomic mass is 32.2. The van der Waals surface area contributed by atoms with Crippen molar-refractivity contribution in [3.05, 3.63) is 46.7 Å². The number of sulfone groups is 1. The minimum absolute atomic E-state index is 0.155. The molecule has 28 heavy (non-hydrogen) atoms. The molecule has 0 aliphatic heterocycles. The zero-order valence-electron chi connectivity index (χ0n) is 15.8. The number of hydrogen-bond acceptors (Lipinski definition) is 7. The molecule has 2 heterocycles. The number of aromatic nitrogens is 1. The molecule has 9 heteroatoms. The van der Waals surface area contributed by atoms with E-state index in [1.54, 1.807) is 46.6 Å². The van der Waals surface area contributed by atoms with Gasteiger partial charge in [-0.05, 0) is 49.8 Å². The molecule has 0 N–H and O–H groups in total. The summed E-state index contributed by atoms with van der Waals surface area (Å²) in [5.41, 5.74) is 0.678. The van der Waals surface area contributed by atoms with Crippen LogP contribution in [0.5, 0.6) is 0 Å². The van der Waals surface area contributed by atoms with Crippen LogP contribution in [0.4, 0.5) is 5.13 Å². The van der Waals surface area contributed by atoms with Gasteiger partial charge in [-0.2, -0.15) is 0 Å². The number of thiazole rings is 1. The van der Waals surface area contributed by atoms with Crippen LogP contribution >= 0.6 is 22.7 Å². The number of thiophene rings is 1. The van der Waals surface area contributed by atoms with E-state index < -0.39 is 9.84 Å². The smallest absolute Gasteiger partial charge is 0.252 e. The van der Waals surface area contributed by atoms with Gasteiger partial charge in [-0.25, -0.2) is 13.4 Å². The molecule has 0 spiro atoms. The van der Waals surface area contributed by atoms with Crippen LogP contribution in [0.15, 0.2) is 46.7 Å². The van der Waals surface area contributed by atoms with Gasteiger partial charge in [-0.1, -0.05) is 17.4 Å². The third-order valence-corrected chi connectivity index (χ3v) is 6.97. The number of carbonyl (C=O) groups is 1. The lowest BCUT2D eigenvalue weighted by Crippen LogP contribution is -2.35. The van der Waals surface area contributed by atoms with Gasteiger partial charge >= 0.3 is 0 Å². The fraction of sp³-hybridized carbons (Fsp3) is 0.263. The number of nitrogens with zero attached hydrogens (tertiary/aromatic N) is 3. The molecule has 0 bridgehead atoms. The molecule has 0 aliphatic rings. The van der Waals surface area contributed by atoms with Gasteiger partial charge in [0.1, 0.15) is 0 Å². The highest BCUT2D eigenvalue weighted by Crippen LogP contribution is 2.31. The van der Waals surface area contributed by atoms with Gasteiger partial charge in [0.15, 0.2) is 15.0 Å². The molecule has 0 radical (unpaired) electrons. The summed E-state index contributed by atoms with van der Waals surface area (Å²) in [4.78, 5) is 22.3. The number of rotatable bonds is 7. The van der Waals surface area contributed by atoms with E-state index in [0.717, 1.165) is 9.58 Å². The monoisotopic (exact) mass is 435 g/mol. The molecule has 1 amide bonds. The number of likely N-dealkylation sites (N-methyl/N-ethyl adjacent to an activating group) is 1. The molecule has 2 aromatic heterocycles. The third kappa shape index (κ3) is 5.05. The van der Waals surface area contributed by atoms with Crippen molar-refractivity contribution in [2.75, 3.05) is 38.3 Å². The Morgan fingerprint density at radius 3 is 2.64 bits per heavy atom. The van der Waals surface area contributed by atoms with Crippen molar-refractivity contribution in [2.24, 2.45) is 0 Å². The molecule has 1 aromatic carbocycles. The number of amides is 1. The SMILES string of the molecule is CN(C)CCN(C(=O)C=Cc1cccs1)c1nc2ccc(S(C)(=O)=O)cc2s1. The number of fused-ring (bicyclic) bond motifs is 1. The predicted octanol–water partition coefficient (Wildman–Crippen LogP) is 3.37. The van der Waals surface area contributed by atoms with Gasteiger partial charge in [0.25, 0.3) is 5.91 Å². The van der Waals surface area contributed by atoms with Crippen molar-refractivity contribution in [2.45, 2.75) is 4.90 Å². The molecule has 3 aromatic rings. The van der Waals surface area contributed by atoms with Crippen LogP contribution in [0, 0.1) is 0 Å². The van der Waals surface area contributed by atoms with Crippen LogP contribution in [0.25, 0.3) is 16.3 Å². The summed E-state index contributed by atoms with van der Waals surface area (Å²) in [7, 11) is 0.596. The average Bonchev–Trinajstić information content (AvgIpc) is 3.27. The number of benzene rings is 1. The van der Waals surface area contributed by atoms with E-state index in [1.807, 2.05) is 36.5 Å². The molecule has 0 unspecified atom stereocenters. The van der Waals surface area contributed by atoms with Gasteiger partial charge in [0.2, 0.25) is 0 Å². The third-order valence-electron chi connectivity index (χ3n) is 3.98. The van der Waals surface area contributed by atoms with Crippen molar-refractivity contribution in [1.29, 1.82) is 0 Å². The highest BCUT2D eigenvalue weighted by molar-refractivity contribution is 7.90. The standard InChI is InChI=1S/C19H21N3O3S3/c1-21(2)10-11-22(18(23)9-6-14-5-4-12-26-14)19-20-16-8-7-15(28(3,24)25)13-17(16)27-19/h4-9,12-13H,10-11H2,1-3H3. The molecule has 3 rings (SSSR count). The van der Waals surface area contributed by atoms with E-state index in [0.29, 0.717) is 23.7 Å². The van der Waals surface area contributed by atoms with E-state index in [1.165, 1.54) is 17.6 Å². The van der Waals surface area contributed by atoms with Crippen LogP contribution in [0.2, 0.25) is 0 Å². The maximum Gasteiger partial charge on any atom is 0.252 e. The topological polar surface area (TPSA) is 70.6 Å². The summed E-state index contributed by atoms with van der Waals surface area (Å²) in [5, 5.41) is 2.52. The molecule has 0 atom stereocenters. The minimum atomic E-state index is -3.30. The lowest BCUT2D eigenvalue weighted by Gasteiger charge is -2.20. The first-order valence-electron chi connectivity index (χ1n) is 8.52. The Labute approximate surface area is 172 Å². The average molecular weight is 436 g/mol. The maximum atomic E-state index is 12.9. The fourth-order valence-electron chi connectivity index (χ4n) is 2.47. The van der Waals surface area contributed by atoms with Gasteiger partial charge in [0, 0.05) is 30.3 Å². The summed E-state index contributed by atoms with van der Waals surface area (Å²) in [6, 6.07) is 8.72. The minimum Gasteiger partial charge on any atom is -0.308 e. The lowest BCUT2D eigenvalue weighted by molar-refractivity contribution is -0.114. The normalized spacial score (nSPS) is 12.3. The van der Waals surface area contributed by atoms with Gasteiger partial charge in [-0.3, -0.25) is 9.69 Å². The molecule has 148 valence electrons. The Bertz CT molecular complexity index is 1100. The summed E-state index contributed by atoms with van der Waals surface area (Å²) in [6.07, 6.45) is 4.53. The zero-order valence-corrected chi connectivity index (χ0v) is 18.3. The van der Waals surface area contributed by atoms with Crippen LogP contribution in [-0.2, 0) is 14.6 Å². The first-order valence-corrected chi connectivity index (χ1v) is 12.1. The van der Waals surface area contributed by atoms with Crippen LogP contribution < -0.4 is 4.90 Å².